The van der Waals surface area contributed by atoms with Crippen LogP contribution in [0.2, 0.25) is 0 Å². The standard InChI is InChI=1S/C19H22N2O2/c1-23-19(22)16-7-8-17(20)18(13-16)21-11-9-15(10-12-21)14-5-3-2-4-6-14/h2-8,13,15H,9-12,20H2,1H3. The topological polar surface area (TPSA) is 55.6 Å². The van der Waals surface area contributed by atoms with Crippen molar-refractivity contribution in [1.82, 2.24) is 0 Å². The Bertz CT molecular complexity index is 677. The molecule has 4 heteroatoms. The maximum atomic E-state index is 11.7. The predicted octanol–water partition coefficient (Wildman–Crippen LogP) is 3.44. The molecule has 0 aliphatic carbocycles. The van der Waals surface area contributed by atoms with Crippen molar-refractivity contribution in [2.24, 2.45) is 0 Å². The molecule has 1 saturated heterocycles. The number of nitrogens with two attached hydrogens (primary N) is 1. The van der Waals surface area contributed by atoms with Gasteiger partial charge in [0.2, 0.25) is 0 Å². The fraction of sp³-hybridized carbons (Fsp3) is 0.316. The maximum Gasteiger partial charge on any atom is 0.337 e. The van der Waals surface area contributed by atoms with E-state index in [0.717, 1.165) is 31.6 Å². The SMILES string of the molecule is COC(=O)c1ccc(N)c(N2CCC(c3ccccc3)CC2)c1. The van der Waals surface area contributed by atoms with Crippen molar-refractivity contribution in [3.05, 3.63) is 59.7 Å². The second-order valence-electron chi connectivity index (χ2n) is 5.94. The molecule has 1 aliphatic rings. The molecule has 1 aliphatic heterocycles. The van der Waals surface area contributed by atoms with Crippen molar-refractivity contribution in [2.45, 2.75) is 18.8 Å². The number of anilines is 2. The summed E-state index contributed by atoms with van der Waals surface area (Å²) in [4.78, 5) is 14.0. The summed E-state index contributed by atoms with van der Waals surface area (Å²) >= 11 is 0. The summed E-state index contributed by atoms with van der Waals surface area (Å²) in [6.07, 6.45) is 2.18. The van der Waals surface area contributed by atoms with Gasteiger partial charge in [0.1, 0.15) is 0 Å². The van der Waals surface area contributed by atoms with Crippen molar-refractivity contribution in [3.8, 4) is 0 Å². The minimum absolute atomic E-state index is 0.328. The van der Waals surface area contributed by atoms with Crippen LogP contribution < -0.4 is 10.6 Å². The predicted molar refractivity (Wildman–Crippen MR) is 92.8 cm³/mol. The molecule has 0 atom stereocenters. The van der Waals surface area contributed by atoms with E-state index in [1.165, 1.54) is 12.7 Å². The highest BCUT2D eigenvalue weighted by atomic mass is 16.5. The fourth-order valence-corrected chi connectivity index (χ4v) is 3.24. The number of piperidine rings is 1. The van der Waals surface area contributed by atoms with E-state index in [-0.39, 0.29) is 5.97 Å². The van der Waals surface area contributed by atoms with E-state index >= 15 is 0 Å². The molecule has 2 aromatic rings. The molecule has 0 bridgehead atoms. The molecule has 0 radical (unpaired) electrons. The molecule has 0 saturated carbocycles. The average molecular weight is 310 g/mol. The summed E-state index contributed by atoms with van der Waals surface area (Å²) in [5.74, 6) is 0.267. The lowest BCUT2D eigenvalue weighted by molar-refractivity contribution is 0.0601. The summed E-state index contributed by atoms with van der Waals surface area (Å²) in [5, 5.41) is 0. The maximum absolute atomic E-state index is 11.7. The largest absolute Gasteiger partial charge is 0.465 e. The van der Waals surface area contributed by atoms with Crippen LogP contribution in [0.25, 0.3) is 0 Å². The summed E-state index contributed by atoms with van der Waals surface area (Å²) in [5.41, 5.74) is 9.70. The fourth-order valence-electron chi connectivity index (χ4n) is 3.24. The molecule has 2 aromatic carbocycles. The van der Waals surface area contributed by atoms with E-state index in [0.29, 0.717) is 17.2 Å². The van der Waals surface area contributed by atoms with Crippen LogP contribution in [0.5, 0.6) is 0 Å². The van der Waals surface area contributed by atoms with Gasteiger partial charge in [0.25, 0.3) is 0 Å². The first-order valence-electron chi connectivity index (χ1n) is 7.97. The Kier molecular flexibility index (Phi) is 4.51. The second-order valence-corrected chi connectivity index (χ2v) is 5.94. The zero-order chi connectivity index (χ0) is 16.2. The van der Waals surface area contributed by atoms with Crippen molar-refractivity contribution in [2.75, 3.05) is 30.8 Å². The number of carbonyl (C=O) groups excluding carboxylic acids is 1. The third-order valence-corrected chi connectivity index (χ3v) is 4.56. The number of esters is 1. The van der Waals surface area contributed by atoms with Crippen LogP contribution in [-0.2, 0) is 4.74 Å². The highest BCUT2D eigenvalue weighted by Crippen LogP contribution is 2.33. The molecule has 4 nitrogen and oxygen atoms in total. The summed E-state index contributed by atoms with van der Waals surface area (Å²) in [6.45, 7) is 1.88. The van der Waals surface area contributed by atoms with Crippen molar-refractivity contribution in [3.63, 3.8) is 0 Å². The van der Waals surface area contributed by atoms with E-state index in [1.54, 1.807) is 12.1 Å². The van der Waals surface area contributed by atoms with Gasteiger partial charge in [-0.1, -0.05) is 30.3 Å². The van der Waals surface area contributed by atoms with E-state index in [1.807, 2.05) is 6.07 Å². The highest BCUT2D eigenvalue weighted by molar-refractivity contribution is 5.92. The normalized spacial score (nSPS) is 15.4. The molecule has 1 fully saturated rings. The molecule has 0 spiro atoms. The third kappa shape index (κ3) is 3.31. The number of rotatable bonds is 3. The number of benzene rings is 2. The lowest BCUT2D eigenvalue weighted by Gasteiger charge is -2.34. The Hall–Kier alpha value is -2.49. The molecule has 0 aromatic heterocycles. The Morgan fingerprint density at radius 3 is 2.48 bits per heavy atom. The first-order valence-corrected chi connectivity index (χ1v) is 7.97. The zero-order valence-electron chi connectivity index (χ0n) is 13.4. The van der Waals surface area contributed by atoms with Gasteiger partial charge in [-0.15, -0.1) is 0 Å². The van der Waals surface area contributed by atoms with E-state index in [4.69, 9.17) is 10.5 Å². The number of methoxy groups -OCH3 is 1. The lowest BCUT2D eigenvalue weighted by atomic mass is 9.89. The third-order valence-electron chi connectivity index (χ3n) is 4.56. The van der Waals surface area contributed by atoms with Crippen LogP contribution in [0.4, 0.5) is 11.4 Å². The van der Waals surface area contributed by atoms with Crippen molar-refractivity contribution < 1.29 is 9.53 Å². The van der Waals surface area contributed by atoms with Crippen LogP contribution in [0.3, 0.4) is 0 Å². The monoisotopic (exact) mass is 310 g/mol. The average Bonchev–Trinajstić information content (AvgIpc) is 2.62. The number of ether oxygens (including phenoxy) is 1. The minimum atomic E-state index is -0.328. The molecule has 23 heavy (non-hydrogen) atoms. The first-order chi connectivity index (χ1) is 11.2. The first kappa shape index (κ1) is 15.4. The highest BCUT2D eigenvalue weighted by Gasteiger charge is 2.22. The van der Waals surface area contributed by atoms with Crippen molar-refractivity contribution >= 4 is 17.3 Å². The molecule has 2 N–H and O–H groups in total. The van der Waals surface area contributed by atoms with Gasteiger partial charge in [0.15, 0.2) is 0 Å². The molecular formula is C19H22N2O2. The van der Waals surface area contributed by atoms with E-state index in [2.05, 4.69) is 35.2 Å². The van der Waals surface area contributed by atoms with E-state index in [9.17, 15) is 4.79 Å². The Morgan fingerprint density at radius 2 is 1.83 bits per heavy atom. The summed E-state index contributed by atoms with van der Waals surface area (Å²) in [7, 11) is 1.39. The van der Waals surface area contributed by atoms with Gasteiger partial charge in [-0.2, -0.15) is 0 Å². The van der Waals surface area contributed by atoms with Gasteiger partial charge >= 0.3 is 5.97 Å². The molecular weight excluding hydrogens is 288 g/mol. The minimum Gasteiger partial charge on any atom is -0.465 e. The Balaban J connectivity index is 1.73. The lowest BCUT2D eigenvalue weighted by Crippen LogP contribution is -2.33. The number of hydrogen-bond acceptors (Lipinski definition) is 4. The second kappa shape index (κ2) is 6.73. The van der Waals surface area contributed by atoms with Crippen LogP contribution >= 0.6 is 0 Å². The van der Waals surface area contributed by atoms with Crippen LogP contribution in [0.1, 0.15) is 34.7 Å². The number of hydrogen-bond donors (Lipinski definition) is 1. The smallest absolute Gasteiger partial charge is 0.337 e. The zero-order valence-corrected chi connectivity index (χ0v) is 13.4. The van der Waals surface area contributed by atoms with Gasteiger partial charge < -0.3 is 15.4 Å². The van der Waals surface area contributed by atoms with Gasteiger partial charge in [0, 0.05) is 13.1 Å². The Morgan fingerprint density at radius 1 is 1.13 bits per heavy atom. The quantitative estimate of drug-likeness (QED) is 0.697. The number of nitrogen functional groups attached to an aromatic ring is 1. The summed E-state index contributed by atoms with van der Waals surface area (Å²) < 4.78 is 4.80. The summed E-state index contributed by atoms with van der Waals surface area (Å²) in [6, 6.07) is 16.0. The van der Waals surface area contributed by atoms with E-state index < -0.39 is 0 Å². The van der Waals surface area contributed by atoms with Gasteiger partial charge in [-0.25, -0.2) is 4.79 Å². The molecule has 0 unspecified atom stereocenters. The molecule has 0 amide bonds. The van der Waals surface area contributed by atoms with Gasteiger partial charge in [-0.3, -0.25) is 0 Å². The molecule has 120 valence electrons. The van der Waals surface area contributed by atoms with Crippen LogP contribution in [0.15, 0.2) is 48.5 Å². The number of nitrogens with zero attached hydrogens (tertiary/aromatic N) is 1. The van der Waals surface area contributed by atoms with Gasteiger partial charge in [-0.05, 0) is 42.5 Å². The Labute approximate surface area is 136 Å². The molecule has 3 rings (SSSR count). The van der Waals surface area contributed by atoms with Gasteiger partial charge in [0.05, 0.1) is 24.0 Å². The number of carbonyl (C=O) groups is 1. The molecule has 1 heterocycles. The van der Waals surface area contributed by atoms with Crippen LogP contribution in [0, 0.1) is 0 Å². The van der Waals surface area contributed by atoms with Crippen molar-refractivity contribution in [1.29, 1.82) is 0 Å². The van der Waals surface area contributed by atoms with Crippen LogP contribution in [-0.4, -0.2) is 26.2 Å².